The summed E-state index contributed by atoms with van der Waals surface area (Å²) in [5, 5.41) is 30.1. The van der Waals surface area contributed by atoms with Gasteiger partial charge in [0.15, 0.2) is 0 Å². The number of unbranched alkanes of at least 4 members (excludes halogenated alkanes) is 1. The second-order valence-corrected chi connectivity index (χ2v) is 17.6. The van der Waals surface area contributed by atoms with Gasteiger partial charge >= 0.3 is 5.97 Å². The first-order valence-electron chi connectivity index (χ1n) is 24.4. The Morgan fingerprint density at radius 1 is 0.729 bits per heavy atom. The molecule has 0 bridgehead atoms. The number of aliphatic carboxylic acids is 1. The number of amides is 2. The van der Waals surface area contributed by atoms with E-state index in [1.54, 1.807) is 15.8 Å². The van der Waals surface area contributed by atoms with Crippen LogP contribution in [-0.4, -0.2) is 183 Å². The fraction of sp³-hybridized carbons (Fsp3) is 0.733. The minimum atomic E-state index is -1.01. The Labute approximate surface area is 417 Å². The molecule has 2 saturated heterocycles. The first-order chi connectivity index (χ1) is 33.4. The Balaban J connectivity index is 0.0000107. The number of terminal acetylenes is 1. The third-order valence-electron chi connectivity index (χ3n) is 12.8. The highest BCUT2D eigenvalue weighted by molar-refractivity contribution is 5.81. The molecular formula is C45H75ClN17O7-. The summed E-state index contributed by atoms with van der Waals surface area (Å²) in [7, 11) is 0. The molecule has 0 aliphatic carbocycles. The summed E-state index contributed by atoms with van der Waals surface area (Å²) in [6.45, 7) is 14.6. The molecule has 3 aromatic rings. The maximum absolute atomic E-state index is 14.2. The van der Waals surface area contributed by atoms with Crippen LogP contribution in [0.15, 0.2) is 12.4 Å². The molecule has 0 radical (unpaired) electrons. The van der Waals surface area contributed by atoms with Crippen molar-refractivity contribution >= 4 is 35.6 Å². The number of halogens is 1. The van der Waals surface area contributed by atoms with Crippen LogP contribution in [0.3, 0.4) is 0 Å². The van der Waals surface area contributed by atoms with Crippen LogP contribution < -0.4 is 44.7 Å². The van der Waals surface area contributed by atoms with Crippen molar-refractivity contribution in [2.45, 2.75) is 96.8 Å². The lowest BCUT2D eigenvalue weighted by Crippen LogP contribution is -3.00. The summed E-state index contributed by atoms with van der Waals surface area (Å²) in [5.74, 6) is 2.68. The van der Waals surface area contributed by atoms with Crippen molar-refractivity contribution in [3.05, 3.63) is 23.8 Å². The normalized spacial score (nSPS) is 16.7. The first kappa shape index (κ1) is 57.3. The van der Waals surface area contributed by atoms with Gasteiger partial charge in [-0.1, -0.05) is 56.9 Å². The van der Waals surface area contributed by atoms with Gasteiger partial charge in [0.1, 0.15) is 18.7 Å². The van der Waals surface area contributed by atoms with Crippen molar-refractivity contribution in [2.75, 3.05) is 120 Å². The molecule has 5 rings (SSSR count). The van der Waals surface area contributed by atoms with Gasteiger partial charge < -0.3 is 73.8 Å². The predicted octanol–water partition coefficient (Wildman–Crippen LogP) is -1.98. The fourth-order valence-electron chi connectivity index (χ4n) is 7.96. The number of piperazine rings is 2. The number of nitrogens with two attached hydrogens (primary N) is 3. The van der Waals surface area contributed by atoms with E-state index in [-0.39, 0.29) is 67.6 Å². The number of carboxylic acids is 1. The summed E-state index contributed by atoms with van der Waals surface area (Å²) >= 11 is 0. The maximum Gasteiger partial charge on any atom is 0.303 e. The largest absolute Gasteiger partial charge is 1.00 e. The third kappa shape index (κ3) is 16.7. The fourth-order valence-corrected chi connectivity index (χ4v) is 7.96. The molecule has 0 saturated carbocycles. The van der Waals surface area contributed by atoms with Crippen LogP contribution in [0.5, 0.6) is 0 Å². The number of anilines is 3. The summed E-state index contributed by atoms with van der Waals surface area (Å²) in [6.07, 6.45) is 12.3. The number of ether oxygens (including phenoxy) is 3. The van der Waals surface area contributed by atoms with E-state index in [2.05, 4.69) is 45.7 Å². The van der Waals surface area contributed by atoms with Gasteiger partial charge in [-0.25, -0.2) is 9.36 Å². The first-order valence-corrected chi connectivity index (χ1v) is 24.4. The minimum absolute atomic E-state index is 0. The predicted molar refractivity (Wildman–Crippen MR) is 258 cm³/mol. The van der Waals surface area contributed by atoms with Crippen molar-refractivity contribution in [1.82, 2.24) is 54.7 Å². The molecule has 5 heterocycles. The van der Waals surface area contributed by atoms with Crippen LogP contribution in [0.2, 0.25) is 0 Å². The number of carboxylic acid groups (broad SMARTS) is 1. The Hall–Kier alpha value is -5.29. The summed E-state index contributed by atoms with van der Waals surface area (Å²) in [5.41, 5.74) is 19.9. The highest BCUT2D eigenvalue weighted by atomic mass is 35.5. The van der Waals surface area contributed by atoms with E-state index in [0.717, 1.165) is 25.7 Å². The van der Waals surface area contributed by atoms with Gasteiger partial charge in [-0.15, -0.1) is 16.6 Å². The highest BCUT2D eigenvalue weighted by Gasteiger charge is 2.34. The number of hydrogen-bond donors (Lipinski definition) is 5. The monoisotopic (exact) mass is 1000 g/mol. The van der Waals surface area contributed by atoms with Crippen LogP contribution in [0.4, 0.5) is 17.8 Å². The second-order valence-electron chi connectivity index (χ2n) is 17.6. The van der Waals surface area contributed by atoms with Crippen molar-refractivity contribution in [2.24, 2.45) is 29.0 Å². The molecule has 0 aromatic carbocycles. The maximum atomic E-state index is 14.2. The Kier molecular flexibility index (Phi) is 24.4. The number of carbonyl (C=O) groups excluding carboxylic acids is 2. The van der Waals surface area contributed by atoms with Crippen molar-refractivity contribution in [3.8, 4) is 12.3 Å². The molecule has 390 valence electrons. The zero-order valence-corrected chi connectivity index (χ0v) is 42.0. The van der Waals surface area contributed by atoms with E-state index in [1.807, 2.05) is 34.7 Å². The van der Waals surface area contributed by atoms with Crippen molar-refractivity contribution < 1.29 is 46.1 Å². The van der Waals surface area contributed by atoms with Gasteiger partial charge in [-0.05, 0) is 44.1 Å². The van der Waals surface area contributed by atoms with Crippen molar-refractivity contribution in [1.29, 1.82) is 0 Å². The van der Waals surface area contributed by atoms with Gasteiger partial charge in [0.05, 0.1) is 68.9 Å². The van der Waals surface area contributed by atoms with E-state index in [1.165, 1.54) is 4.68 Å². The zero-order chi connectivity index (χ0) is 49.7. The van der Waals surface area contributed by atoms with Crippen LogP contribution in [0, 0.1) is 24.2 Å². The number of rotatable bonds is 30. The molecule has 2 aliphatic rings. The van der Waals surface area contributed by atoms with Gasteiger partial charge in [-0.3, -0.25) is 14.4 Å². The van der Waals surface area contributed by atoms with Gasteiger partial charge in [-0.2, -0.15) is 15.0 Å². The lowest BCUT2D eigenvalue weighted by molar-refractivity contribution is -0.139. The number of hydrogen-bond acceptors (Lipinski definition) is 19. The molecule has 3 aromatic heterocycles. The van der Waals surface area contributed by atoms with E-state index >= 15 is 0 Å². The standard InChI is InChI=1S/C45H75N17O7.ClH/c1-6-24-67-26-28-69-29-27-68-25-15-49-43-50-44(59-20-16-57(17-21-59)41(65)36(11-9-10-14-46)61-30-34(53-55-61)39(47)32(4)7-2)52-45(51-43)60-22-18-58(19-23-60)42(66)37(12-13-38(63)64)62-31-35(54-56-62)40(48)33(5)8-3;/h1,30-33,36-37,39-40H,7-29,46-48H2,2-5H3,(H,63,64)(H,49,50,51,52);1H/p-1/t32-,33-,36+,37+,39?,40?;/m1./s1. The number of nitrogens with one attached hydrogen (secondary N) is 1. The SMILES string of the molecule is C#CCOCCOCCOCCNc1nc(N2CCN(C(=O)[C@H](CCCCN)n3cc(C(N)[C@H](C)CC)nn3)CC2)nc(N2CCN(C(=O)[C@H](CCC(=O)O)n3cc(C(N)[C@H](C)CC)nn3)CC2)n1.[Cl-]. The highest BCUT2D eigenvalue weighted by Crippen LogP contribution is 2.27. The number of carbonyl (C=O) groups is 3. The molecular weight excluding hydrogens is 926 g/mol. The molecule has 24 nitrogen and oxygen atoms in total. The summed E-state index contributed by atoms with van der Waals surface area (Å²) in [6, 6.07) is -2.07. The Morgan fingerprint density at radius 2 is 1.20 bits per heavy atom. The molecule has 8 N–H and O–H groups in total. The zero-order valence-electron chi connectivity index (χ0n) is 41.3. The Morgan fingerprint density at radius 3 is 1.66 bits per heavy atom. The van der Waals surface area contributed by atoms with E-state index < -0.39 is 18.1 Å². The van der Waals surface area contributed by atoms with Gasteiger partial charge in [0.25, 0.3) is 0 Å². The molecule has 2 aliphatic heterocycles. The summed E-state index contributed by atoms with van der Waals surface area (Å²) in [4.78, 5) is 62.2. The molecule has 2 fully saturated rings. The van der Waals surface area contributed by atoms with Gasteiger partial charge in [0, 0.05) is 65.3 Å². The average molecular weight is 1000 g/mol. The molecule has 70 heavy (non-hydrogen) atoms. The quantitative estimate of drug-likeness (QED) is 0.0357. The molecule has 2 amide bonds. The van der Waals surface area contributed by atoms with Crippen molar-refractivity contribution in [3.63, 3.8) is 0 Å². The topological polar surface area (TPSA) is 302 Å². The van der Waals surface area contributed by atoms with Crippen LogP contribution in [-0.2, 0) is 28.6 Å². The van der Waals surface area contributed by atoms with Crippen LogP contribution >= 0.6 is 0 Å². The molecule has 0 spiro atoms. The summed E-state index contributed by atoms with van der Waals surface area (Å²) < 4.78 is 19.6. The molecule has 25 heteroatoms. The molecule has 6 atom stereocenters. The van der Waals surface area contributed by atoms with E-state index in [0.29, 0.717) is 134 Å². The Bertz CT molecular complexity index is 2070. The van der Waals surface area contributed by atoms with Crippen LogP contribution in [0.25, 0.3) is 0 Å². The lowest BCUT2D eigenvalue weighted by Gasteiger charge is -2.38. The smallest absolute Gasteiger partial charge is 0.303 e. The molecule has 2 unspecified atom stereocenters. The second kappa shape index (κ2) is 29.8. The lowest BCUT2D eigenvalue weighted by atomic mass is 9.98. The van der Waals surface area contributed by atoms with E-state index in [4.69, 9.17) is 52.8 Å². The average Bonchev–Trinajstić information content (AvgIpc) is 4.07. The van der Waals surface area contributed by atoms with E-state index in [9.17, 15) is 19.5 Å². The van der Waals surface area contributed by atoms with Gasteiger partial charge in [0.2, 0.25) is 29.7 Å². The number of aromatic nitrogens is 9. The third-order valence-corrected chi connectivity index (χ3v) is 12.8. The van der Waals surface area contributed by atoms with Crippen LogP contribution in [0.1, 0.15) is 108 Å². The number of nitrogens with zero attached hydrogens (tertiary/aromatic N) is 13. The minimum Gasteiger partial charge on any atom is -1.00 e.